The summed E-state index contributed by atoms with van der Waals surface area (Å²) >= 11 is 0. The van der Waals surface area contributed by atoms with Gasteiger partial charge in [-0.1, -0.05) is 6.92 Å². The maximum absolute atomic E-state index is 12.0. The van der Waals surface area contributed by atoms with Crippen LogP contribution in [0.3, 0.4) is 0 Å². The van der Waals surface area contributed by atoms with Gasteiger partial charge in [-0.05, 0) is 31.7 Å². The second kappa shape index (κ2) is 4.10. The SMILES string of the molecule is C[C@@H]1CNC[C@H]1C(=O)NC1(CO)CCC1. The van der Waals surface area contributed by atoms with Crippen molar-refractivity contribution in [1.82, 2.24) is 10.6 Å². The summed E-state index contributed by atoms with van der Waals surface area (Å²) in [6.45, 7) is 3.86. The lowest BCUT2D eigenvalue weighted by atomic mass is 9.77. The van der Waals surface area contributed by atoms with Crippen LogP contribution in [0.4, 0.5) is 0 Å². The predicted octanol–water partition coefficient (Wildman–Crippen LogP) is -0.127. The number of rotatable bonds is 3. The van der Waals surface area contributed by atoms with Crippen molar-refractivity contribution in [3.8, 4) is 0 Å². The van der Waals surface area contributed by atoms with Gasteiger partial charge in [0.15, 0.2) is 0 Å². The van der Waals surface area contributed by atoms with Crippen molar-refractivity contribution in [3.05, 3.63) is 0 Å². The van der Waals surface area contributed by atoms with Gasteiger partial charge in [-0.2, -0.15) is 0 Å². The van der Waals surface area contributed by atoms with E-state index in [-0.39, 0.29) is 24.0 Å². The third-order valence-corrected chi connectivity index (χ3v) is 3.86. The molecular formula is C11H20N2O2. The van der Waals surface area contributed by atoms with E-state index < -0.39 is 0 Å². The fraction of sp³-hybridized carbons (Fsp3) is 0.909. The van der Waals surface area contributed by atoms with Crippen LogP contribution in [0.25, 0.3) is 0 Å². The molecule has 86 valence electrons. The quantitative estimate of drug-likeness (QED) is 0.611. The molecule has 0 radical (unpaired) electrons. The fourth-order valence-electron chi connectivity index (χ4n) is 2.44. The zero-order chi connectivity index (χ0) is 10.9. The Morgan fingerprint density at radius 3 is 2.67 bits per heavy atom. The number of aliphatic hydroxyl groups is 1. The third-order valence-electron chi connectivity index (χ3n) is 3.86. The Morgan fingerprint density at radius 1 is 1.53 bits per heavy atom. The molecule has 0 spiro atoms. The molecule has 2 rings (SSSR count). The van der Waals surface area contributed by atoms with Gasteiger partial charge in [0.05, 0.1) is 18.1 Å². The minimum absolute atomic E-state index is 0.0767. The van der Waals surface area contributed by atoms with Crippen LogP contribution >= 0.6 is 0 Å². The smallest absolute Gasteiger partial charge is 0.225 e. The molecule has 2 aliphatic rings. The number of aliphatic hydroxyl groups excluding tert-OH is 1. The minimum atomic E-state index is -0.292. The molecule has 0 aromatic carbocycles. The lowest BCUT2D eigenvalue weighted by molar-refractivity contribution is -0.129. The van der Waals surface area contributed by atoms with E-state index in [0.717, 1.165) is 32.4 Å². The van der Waals surface area contributed by atoms with E-state index in [4.69, 9.17) is 0 Å². The molecule has 0 aromatic heterocycles. The molecule has 1 aliphatic heterocycles. The van der Waals surface area contributed by atoms with Gasteiger partial charge in [0.2, 0.25) is 5.91 Å². The summed E-state index contributed by atoms with van der Waals surface area (Å²) in [5.74, 6) is 0.594. The van der Waals surface area contributed by atoms with Gasteiger partial charge in [-0.15, -0.1) is 0 Å². The van der Waals surface area contributed by atoms with Crippen LogP contribution in [-0.4, -0.2) is 36.2 Å². The average molecular weight is 212 g/mol. The maximum Gasteiger partial charge on any atom is 0.225 e. The first-order chi connectivity index (χ1) is 7.17. The third kappa shape index (κ3) is 2.01. The average Bonchev–Trinajstić information content (AvgIpc) is 2.58. The largest absolute Gasteiger partial charge is 0.394 e. The van der Waals surface area contributed by atoms with Crippen molar-refractivity contribution in [2.75, 3.05) is 19.7 Å². The summed E-state index contributed by atoms with van der Waals surface area (Å²) in [4.78, 5) is 12.0. The molecule has 0 bridgehead atoms. The van der Waals surface area contributed by atoms with Crippen molar-refractivity contribution in [1.29, 1.82) is 0 Å². The Labute approximate surface area is 90.4 Å². The highest BCUT2D eigenvalue weighted by atomic mass is 16.3. The molecule has 2 atom stereocenters. The van der Waals surface area contributed by atoms with Gasteiger partial charge < -0.3 is 15.7 Å². The Hall–Kier alpha value is -0.610. The number of carbonyl (C=O) groups is 1. The van der Waals surface area contributed by atoms with E-state index >= 15 is 0 Å². The van der Waals surface area contributed by atoms with Crippen LogP contribution in [0.2, 0.25) is 0 Å². The van der Waals surface area contributed by atoms with E-state index in [1.54, 1.807) is 0 Å². The van der Waals surface area contributed by atoms with E-state index in [9.17, 15) is 9.90 Å². The van der Waals surface area contributed by atoms with Crippen LogP contribution in [0.15, 0.2) is 0 Å². The molecule has 1 amide bonds. The molecule has 0 aromatic rings. The first-order valence-corrected chi connectivity index (χ1v) is 5.80. The Balaban J connectivity index is 1.91. The summed E-state index contributed by atoms with van der Waals surface area (Å²) in [6.07, 6.45) is 2.95. The molecular weight excluding hydrogens is 192 g/mol. The van der Waals surface area contributed by atoms with E-state index in [0.29, 0.717) is 5.92 Å². The minimum Gasteiger partial charge on any atom is -0.394 e. The summed E-state index contributed by atoms with van der Waals surface area (Å²) in [7, 11) is 0. The number of amides is 1. The normalized spacial score (nSPS) is 33.5. The summed E-state index contributed by atoms with van der Waals surface area (Å²) in [6, 6.07) is 0. The maximum atomic E-state index is 12.0. The number of hydrogen-bond donors (Lipinski definition) is 3. The first kappa shape index (κ1) is 10.9. The molecule has 4 heteroatoms. The molecule has 15 heavy (non-hydrogen) atoms. The predicted molar refractivity (Wildman–Crippen MR) is 57.3 cm³/mol. The van der Waals surface area contributed by atoms with Gasteiger partial charge in [0.1, 0.15) is 0 Å². The first-order valence-electron chi connectivity index (χ1n) is 5.80. The Kier molecular flexibility index (Phi) is 2.98. The van der Waals surface area contributed by atoms with E-state index in [2.05, 4.69) is 17.6 Å². The number of carbonyl (C=O) groups excluding carboxylic acids is 1. The monoisotopic (exact) mass is 212 g/mol. The van der Waals surface area contributed by atoms with Gasteiger partial charge in [0, 0.05) is 6.54 Å². The van der Waals surface area contributed by atoms with Crippen LogP contribution in [-0.2, 0) is 4.79 Å². The van der Waals surface area contributed by atoms with Crippen LogP contribution in [0, 0.1) is 11.8 Å². The van der Waals surface area contributed by atoms with Crippen molar-refractivity contribution in [2.24, 2.45) is 11.8 Å². The molecule has 1 saturated heterocycles. The van der Waals surface area contributed by atoms with E-state index in [1.165, 1.54) is 0 Å². The lowest BCUT2D eigenvalue weighted by Gasteiger charge is -2.41. The zero-order valence-electron chi connectivity index (χ0n) is 9.25. The van der Waals surface area contributed by atoms with Crippen LogP contribution in [0.1, 0.15) is 26.2 Å². The topological polar surface area (TPSA) is 61.4 Å². The Bertz CT molecular complexity index is 245. The van der Waals surface area contributed by atoms with Crippen molar-refractivity contribution in [2.45, 2.75) is 31.7 Å². The number of hydrogen-bond acceptors (Lipinski definition) is 3. The van der Waals surface area contributed by atoms with E-state index in [1.807, 2.05) is 0 Å². The zero-order valence-corrected chi connectivity index (χ0v) is 9.25. The van der Waals surface area contributed by atoms with Crippen LogP contribution < -0.4 is 10.6 Å². The summed E-state index contributed by atoms with van der Waals surface area (Å²) in [5.41, 5.74) is -0.292. The highest BCUT2D eigenvalue weighted by molar-refractivity contribution is 5.80. The second-order valence-electron chi connectivity index (χ2n) is 5.02. The van der Waals surface area contributed by atoms with Crippen molar-refractivity contribution in [3.63, 3.8) is 0 Å². The standard InChI is InChI=1S/C11H20N2O2/c1-8-5-12-6-9(8)10(15)13-11(7-14)3-2-4-11/h8-9,12,14H,2-7H2,1H3,(H,13,15)/t8-,9-/m1/s1. The molecule has 3 N–H and O–H groups in total. The highest BCUT2D eigenvalue weighted by Crippen LogP contribution is 2.32. The van der Waals surface area contributed by atoms with Gasteiger partial charge in [-0.25, -0.2) is 0 Å². The lowest BCUT2D eigenvalue weighted by Crippen LogP contribution is -2.58. The summed E-state index contributed by atoms with van der Waals surface area (Å²) < 4.78 is 0. The summed E-state index contributed by atoms with van der Waals surface area (Å²) in [5, 5.41) is 15.5. The van der Waals surface area contributed by atoms with Crippen molar-refractivity contribution >= 4 is 5.91 Å². The van der Waals surface area contributed by atoms with Gasteiger partial charge in [-0.3, -0.25) is 4.79 Å². The fourth-order valence-corrected chi connectivity index (χ4v) is 2.44. The van der Waals surface area contributed by atoms with Gasteiger partial charge in [0.25, 0.3) is 0 Å². The molecule has 4 nitrogen and oxygen atoms in total. The number of nitrogens with one attached hydrogen (secondary N) is 2. The molecule has 0 unspecified atom stereocenters. The van der Waals surface area contributed by atoms with Crippen LogP contribution in [0.5, 0.6) is 0 Å². The molecule has 2 fully saturated rings. The Morgan fingerprint density at radius 2 is 2.27 bits per heavy atom. The second-order valence-corrected chi connectivity index (χ2v) is 5.02. The molecule has 1 aliphatic carbocycles. The highest BCUT2D eigenvalue weighted by Gasteiger charge is 2.40. The molecule has 1 saturated carbocycles. The van der Waals surface area contributed by atoms with Crippen molar-refractivity contribution < 1.29 is 9.90 Å². The molecule has 1 heterocycles. The van der Waals surface area contributed by atoms with Gasteiger partial charge >= 0.3 is 0 Å².